The number of nitrogens with two attached hydrogens (primary N) is 2. The lowest BCUT2D eigenvalue weighted by Gasteiger charge is -2.05. The first-order chi connectivity index (χ1) is 7.91. The minimum atomic E-state index is -0.506. The lowest BCUT2D eigenvalue weighted by atomic mass is 10.3. The summed E-state index contributed by atoms with van der Waals surface area (Å²) in [5.41, 5.74) is 12.6. The average Bonchev–Trinajstić information content (AvgIpc) is 2.46. The first-order valence-electron chi connectivity index (χ1n) is 5.15. The van der Waals surface area contributed by atoms with Gasteiger partial charge >= 0.3 is 5.97 Å². The summed E-state index contributed by atoms with van der Waals surface area (Å²) in [4.78, 5) is 21.8. The Bertz CT molecular complexity index is 439. The summed E-state index contributed by atoms with van der Waals surface area (Å²) < 4.78 is 6.29. The van der Waals surface area contributed by atoms with Crippen molar-refractivity contribution in [3.8, 4) is 0 Å². The van der Waals surface area contributed by atoms with Gasteiger partial charge in [-0.3, -0.25) is 14.3 Å². The van der Waals surface area contributed by atoms with E-state index >= 15 is 0 Å². The fourth-order valence-electron chi connectivity index (χ4n) is 1.30. The fraction of sp³-hybridized carbons (Fsp3) is 0.500. The minimum Gasteiger partial charge on any atom is -0.464 e. The number of hydrogen-bond donors (Lipinski definition) is 2. The van der Waals surface area contributed by atoms with Crippen molar-refractivity contribution >= 4 is 17.6 Å². The van der Waals surface area contributed by atoms with Crippen LogP contribution in [0.2, 0.25) is 0 Å². The number of ether oxygens (including phenoxy) is 1. The van der Waals surface area contributed by atoms with Gasteiger partial charge in [0.15, 0.2) is 0 Å². The van der Waals surface area contributed by atoms with Gasteiger partial charge in [-0.15, -0.1) is 0 Å². The number of anilines is 1. The molecule has 0 saturated carbocycles. The van der Waals surface area contributed by atoms with Crippen LogP contribution < -0.4 is 11.5 Å². The number of esters is 1. The van der Waals surface area contributed by atoms with Crippen molar-refractivity contribution in [1.29, 1.82) is 0 Å². The molecule has 0 unspecified atom stereocenters. The van der Waals surface area contributed by atoms with E-state index in [1.165, 1.54) is 4.68 Å². The maximum Gasteiger partial charge on any atom is 0.327 e. The van der Waals surface area contributed by atoms with Gasteiger partial charge in [-0.05, 0) is 13.8 Å². The van der Waals surface area contributed by atoms with E-state index in [0.717, 1.165) is 0 Å². The van der Waals surface area contributed by atoms with E-state index in [1.54, 1.807) is 13.8 Å². The smallest absolute Gasteiger partial charge is 0.327 e. The number of carbonyl (C=O) groups excluding carboxylic acids is 2. The molecule has 0 aliphatic rings. The molecule has 17 heavy (non-hydrogen) atoms. The van der Waals surface area contributed by atoms with Gasteiger partial charge in [-0.25, -0.2) is 0 Å². The molecule has 1 heterocycles. The molecule has 1 aromatic heterocycles. The Morgan fingerprint density at radius 2 is 2.06 bits per heavy atom. The summed E-state index contributed by atoms with van der Waals surface area (Å²) in [6.07, 6.45) is 0.0188. The van der Waals surface area contributed by atoms with E-state index in [9.17, 15) is 9.59 Å². The summed E-state index contributed by atoms with van der Waals surface area (Å²) in [6, 6.07) is 0. The van der Waals surface area contributed by atoms with E-state index in [1.807, 2.05) is 0 Å². The highest BCUT2D eigenvalue weighted by Gasteiger charge is 2.12. The normalized spacial score (nSPS) is 10.2. The molecule has 0 atom stereocenters. The molecule has 0 saturated heterocycles. The number of aryl methyl sites for hydroxylation is 1. The van der Waals surface area contributed by atoms with Crippen molar-refractivity contribution in [3.63, 3.8) is 0 Å². The van der Waals surface area contributed by atoms with E-state index in [0.29, 0.717) is 17.1 Å². The molecular weight excluding hydrogens is 224 g/mol. The molecule has 0 bridgehead atoms. The highest BCUT2D eigenvalue weighted by Crippen LogP contribution is 2.14. The Kier molecular flexibility index (Phi) is 4.08. The van der Waals surface area contributed by atoms with Gasteiger partial charge < -0.3 is 16.2 Å². The van der Waals surface area contributed by atoms with Crippen LogP contribution in [0.15, 0.2) is 0 Å². The quantitative estimate of drug-likeness (QED) is 0.673. The van der Waals surface area contributed by atoms with Crippen LogP contribution in [0, 0.1) is 13.8 Å². The van der Waals surface area contributed by atoms with Gasteiger partial charge in [0.1, 0.15) is 13.2 Å². The van der Waals surface area contributed by atoms with Crippen LogP contribution in [0.4, 0.5) is 5.69 Å². The molecule has 0 aliphatic carbocycles. The molecular formula is C10H16N4O3. The summed E-state index contributed by atoms with van der Waals surface area (Å²) >= 11 is 0. The highest BCUT2D eigenvalue weighted by atomic mass is 16.5. The summed E-state index contributed by atoms with van der Waals surface area (Å²) in [5.74, 6) is -0.981. The van der Waals surface area contributed by atoms with Gasteiger partial charge in [0.25, 0.3) is 0 Å². The van der Waals surface area contributed by atoms with Gasteiger partial charge in [0.2, 0.25) is 5.91 Å². The van der Waals surface area contributed by atoms with Crippen LogP contribution >= 0.6 is 0 Å². The molecule has 7 nitrogen and oxygen atoms in total. The number of nitrogens with zero attached hydrogens (tertiary/aromatic N) is 2. The van der Waals surface area contributed by atoms with Crippen LogP contribution in [0.25, 0.3) is 0 Å². The van der Waals surface area contributed by atoms with E-state index in [4.69, 9.17) is 16.2 Å². The molecule has 1 amide bonds. The molecule has 4 N–H and O–H groups in total. The zero-order valence-electron chi connectivity index (χ0n) is 9.90. The number of carbonyl (C=O) groups is 2. The second-order valence-electron chi connectivity index (χ2n) is 3.68. The minimum absolute atomic E-state index is 0.0110. The molecule has 1 aromatic rings. The van der Waals surface area contributed by atoms with Crippen LogP contribution in [0.5, 0.6) is 0 Å². The third-order valence-electron chi connectivity index (χ3n) is 2.33. The lowest BCUT2D eigenvalue weighted by molar-refractivity contribution is -0.145. The van der Waals surface area contributed by atoms with Crippen molar-refractivity contribution in [2.45, 2.75) is 26.8 Å². The number of primary amides is 1. The Labute approximate surface area is 98.7 Å². The molecule has 0 aliphatic heterocycles. The zero-order valence-corrected chi connectivity index (χ0v) is 9.90. The summed E-state index contributed by atoms with van der Waals surface area (Å²) in [5, 5.41) is 4.09. The Morgan fingerprint density at radius 1 is 1.41 bits per heavy atom. The molecule has 0 spiro atoms. The lowest BCUT2D eigenvalue weighted by Crippen LogP contribution is -2.19. The van der Waals surface area contributed by atoms with Gasteiger partial charge in [-0.1, -0.05) is 0 Å². The van der Waals surface area contributed by atoms with Crippen molar-refractivity contribution < 1.29 is 14.3 Å². The third kappa shape index (κ3) is 3.47. The topological polar surface area (TPSA) is 113 Å². The fourth-order valence-corrected chi connectivity index (χ4v) is 1.30. The average molecular weight is 240 g/mol. The zero-order chi connectivity index (χ0) is 13.0. The van der Waals surface area contributed by atoms with Crippen LogP contribution in [0.3, 0.4) is 0 Å². The number of rotatable bonds is 5. The van der Waals surface area contributed by atoms with E-state index in [-0.39, 0.29) is 19.6 Å². The largest absolute Gasteiger partial charge is 0.464 e. The van der Waals surface area contributed by atoms with E-state index in [2.05, 4.69) is 5.10 Å². The number of aromatic nitrogens is 2. The van der Waals surface area contributed by atoms with Gasteiger partial charge in [0.05, 0.1) is 23.5 Å². The molecule has 1 rings (SSSR count). The molecule has 94 valence electrons. The Balaban J connectivity index is 2.51. The third-order valence-corrected chi connectivity index (χ3v) is 2.33. The SMILES string of the molecule is Cc1nn(CC(=O)OCCC(N)=O)c(C)c1N. The number of nitrogen functional groups attached to an aromatic ring is 1. The Morgan fingerprint density at radius 3 is 2.53 bits per heavy atom. The van der Waals surface area contributed by atoms with E-state index < -0.39 is 11.9 Å². The summed E-state index contributed by atoms with van der Waals surface area (Å²) in [6.45, 7) is 3.49. The van der Waals surface area contributed by atoms with Gasteiger partial charge in [0, 0.05) is 0 Å². The second-order valence-corrected chi connectivity index (χ2v) is 3.68. The molecule has 0 fully saturated rings. The van der Waals surface area contributed by atoms with Crippen molar-refractivity contribution in [3.05, 3.63) is 11.4 Å². The molecule has 0 radical (unpaired) electrons. The highest BCUT2D eigenvalue weighted by molar-refractivity contribution is 5.74. The van der Waals surface area contributed by atoms with Crippen LogP contribution in [-0.2, 0) is 20.9 Å². The predicted molar refractivity (Wildman–Crippen MR) is 60.9 cm³/mol. The maximum absolute atomic E-state index is 11.4. The maximum atomic E-state index is 11.4. The van der Waals surface area contributed by atoms with Crippen molar-refractivity contribution in [2.24, 2.45) is 5.73 Å². The molecule has 7 heteroatoms. The Hall–Kier alpha value is -2.05. The monoisotopic (exact) mass is 240 g/mol. The van der Waals surface area contributed by atoms with Crippen molar-refractivity contribution in [2.75, 3.05) is 12.3 Å². The molecule has 0 aromatic carbocycles. The second kappa shape index (κ2) is 5.33. The van der Waals surface area contributed by atoms with Crippen molar-refractivity contribution in [1.82, 2.24) is 9.78 Å². The number of amides is 1. The van der Waals surface area contributed by atoms with Crippen LogP contribution in [0.1, 0.15) is 17.8 Å². The predicted octanol–water partition coefficient (Wildman–Crippen LogP) is -0.499. The van der Waals surface area contributed by atoms with Crippen LogP contribution in [-0.4, -0.2) is 28.3 Å². The summed E-state index contributed by atoms with van der Waals surface area (Å²) in [7, 11) is 0. The first-order valence-corrected chi connectivity index (χ1v) is 5.15. The first kappa shape index (κ1) is 13.0. The standard InChI is InChI=1S/C10H16N4O3/c1-6-10(12)7(2)14(13-6)5-9(16)17-4-3-8(11)15/h3-5,12H2,1-2H3,(H2,11,15). The number of hydrogen-bond acceptors (Lipinski definition) is 5. The van der Waals surface area contributed by atoms with Gasteiger partial charge in [-0.2, -0.15) is 5.10 Å².